The number of ether oxygens (including phenoxy) is 1. The van der Waals surface area contributed by atoms with Crippen molar-refractivity contribution in [2.45, 2.75) is 25.3 Å². The summed E-state index contributed by atoms with van der Waals surface area (Å²) in [7, 11) is 1.25. The summed E-state index contributed by atoms with van der Waals surface area (Å²) in [6, 6.07) is 8.78. The molecule has 1 unspecified atom stereocenters. The summed E-state index contributed by atoms with van der Waals surface area (Å²) in [6.45, 7) is 0.775. The summed E-state index contributed by atoms with van der Waals surface area (Å²) < 4.78 is 5.65. The topological polar surface area (TPSA) is 119 Å². The number of nitro benzene ring substituents is 1. The Balaban J connectivity index is 1.36. The highest BCUT2D eigenvalue weighted by Crippen LogP contribution is 2.37. The van der Waals surface area contributed by atoms with E-state index in [4.69, 9.17) is 27.9 Å². The molecule has 39 heavy (non-hydrogen) atoms. The van der Waals surface area contributed by atoms with Crippen molar-refractivity contribution in [3.05, 3.63) is 79.1 Å². The van der Waals surface area contributed by atoms with Crippen molar-refractivity contribution >= 4 is 74.2 Å². The third-order valence-electron chi connectivity index (χ3n) is 6.66. The maximum Gasteiger partial charge on any atom is 0.307 e. The van der Waals surface area contributed by atoms with Crippen LogP contribution in [0.5, 0.6) is 0 Å². The van der Waals surface area contributed by atoms with Gasteiger partial charge in [0, 0.05) is 37.2 Å². The van der Waals surface area contributed by atoms with Gasteiger partial charge >= 0.3 is 5.97 Å². The Morgan fingerprint density at radius 2 is 1.87 bits per heavy atom. The van der Waals surface area contributed by atoms with Crippen LogP contribution in [-0.2, 0) is 19.1 Å². The van der Waals surface area contributed by atoms with Gasteiger partial charge in [0.05, 0.1) is 39.2 Å². The SMILES string of the molecule is COC(=O)CC(NC(=O)C1CCN(C(=O)C=Cc2cc3ccsc3c(Cl)c2Cl)CC1)c1ccc([N+](=O)[O-])cc1. The molecule has 0 bridgehead atoms. The number of non-ortho nitro benzene ring substituents is 1. The van der Waals surface area contributed by atoms with Crippen molar-refractivity contribution in [1.29, 1.82) is 0 Å². The van der Waals surface area contributed by atoms with Crippen LogP contribution in [0.2, 0.25) is 10.0 Å². The van der Waals surface area contributed by atoms with Crippen LogP contribution in [0.25, 0.3) is 16.2 Å². The predicted molar refractivity (Wildman–Crippen MR) is 151 cm³/mol. The smallest absolute Gasteiger partial charge is 0.307 e. The highest BCUT2D eigenvalue weighted by molar-refractivity contribution is 7.18. The molecule has 1 saturated heterocycles. The minimum absolute atomic E-state index is 0.0923. The number of hydrogen-bond donors (Lipinski definition) is 1. The van der Waals surface area contributed by atoms with Crippen molar-refractivity contribution in [3.8, 4) is 0 Å². The molecule has 1 N–H and O–H groups in total. The molecule has 2 aromatic carbocycles. The van der Waals surface area contributed by atoms with Crippen molar-refractivity contribution in [1.82, 2.24) is 10.2 Å². The molecule has 1 aliphatic rings. The normalized spacial score (nSPS) is 14.9. The fourth-order valence-electron chi connectivity index (χ4n) is 4.44. The molecule has 204 valence electrons. The van der Waals surface area contributed by atoms with E-state index in [0.29, 0.717) is 47.1 Å². The number of amides is 2. The first-order valence-corrected chi connectivity index (χ1v) is 13.7. The molecule has 3 aromatic rings. The first kappa shape index (κ1) is 28.5. The number of likely N-dealkylation sites (tertiary alicyclic amines) is 1. The monoisotopic (exact) mass is 589 g/mol. The zero-order chi connectivity index (χ0) is 28.1. The molecule has 0 spiro atoms. The molecule has 2 amide bonds. The molecule has 0 radical (unpaired) electrons. The number of nitrogens with one attached hydrogen (secondary N) is 1. The van der Waals surface area contributed by atoms with Gasteiger partial charge in [0.1, 0.15) is 0 Å². The second kappa shape index (κ2) is 12.6. The number of thiophene rings is 1. The van der Waals surface area contributed by atoms with Crippen molar-refractivity contribution in [2.24, 2.45) is 5.92 Å². The van der Waals surface area contributed by atoms with E-state index in [0.717, 1.165) is 10.1 Å². The fraction of sp³-hybridized carbons (Fsp3) is 0.296. The maximum atomic E-state index is 13.1. The van der Waals surface area contributed by atoms with Gasteiger partial charge in [0.15, 0.2) is 0 Å². The number of fused-ring (bicyclic) bond motifs is 1. The van der Waals surface area contributed by atoms with Crippen LogP contribution in [-0.4, -0.2) is 47.8 Å². The van der Waals surface area contributed by atoms with E-state index >= 15 is 0 Å². The molecular weight excluding hydrogens is 565 g/mol. The number of carbonyl (C=O) groups is 3. The van der Waals surface area contributed by atoms with Gasteiger partial charge in [-0.05, 0) is 52.9 Å². The lowest BCUT2D eigenvalue weighted by Gasteiger charge is -2.31. The third kappa shape index (κ3) is 6.76. The maximum absolute atomic E-state index is 13.1. The van der Waals surface area contributed by atoms with Crippen LogP contribution in [0.3, 0.4) is 0 Å². The van der Waals surface area contributed by atoms with E-state index in [1.165, 1.54) is 48.8 Å². The lowest BCUT2D eigenvalue weighted by atomic mass is 9.94. The molecule has 1 atom stereocenters. The fourth-order valence-corrected chi connectivity index (χ4v) is 5.88. The minimum atomic E-state index is -0.703. The highest BCUT2D eigenvalue weighted by Gasteiger charge is 2.29. The zero-order valence-corrected chi connectivity index (χ0v) is 23.2. The van der Waals surface area contributed by atoms with E-state index in [9.17, 15) is 24.5 Å². The van der Waals surface area contributed by atoms with Crippen molar-refractivity contribution in [2.75, 3.05) is 20.2 Å². The number of carbonyl (C=O) groups excluding carboxylic acids is 3. The van der Waals surface area contributed by atoms with Gasteiger partial charge in [0.25, 0.3) is 5.69 Å². The molecule has 9 nitrogen and oxygen atoms in total. The van der Waals surface area contributed by atoms with Crippen molar-refractivity contribution < 1.29 is 24.0 Å². The van der Waals surface area contributed by atoms with E-state index in [1.807, 2.05) is 17.5 Å². The van der Waals surface area contributed by atoms with Gasteiger partial charge in [-0.25, -0.2) is 0 Å². The van der Waals surface area contributed by atoms with Crippen LogP contribution >= 0.6 is 34.5 Å². The van der Waals surface area contributed by atoms with Gasteiger partial charge in [0.2, 0.25) is 11.8 Å². The van der Waals surface area contributed by atoms with Crippen LogP contribution < -0.4 is 5.32 Å². The number of halogens is 2. The molecule has 1 aromatic heterocycles. The van der Waals surface area contributed by atoms with Crippen LogP contribution in [0.15, 0.2) is 47.9 Å². The highest BCUT2D eigenvalue weighted by atomic mass is 35.5. The lowest BCUT2D eigenvalue weighted by molar-refractivity contribution is -0.384. The molecule has 12 heteroatoms. The van der Waals surface area contributed by atoms with Crippen LogP contribution in [0.4, 0.5) is 5.69 Å². The third-order valence-corrected chi connectivity index (χ3v) is 8.60. The molecule has 2 heterocycles. The summed E-state index contributed by atoms with van der Waals surface area (Å²) in [6.07, 6.45) is 3.88. The van der Waals surface area contributed by atoms with Gasteiger partial charge < -0.3 is 15.0 Å². The first-order chi connectivity index (χ1) is 18.7. The Morgan fingerprint density at radius 3 is 2.51 bits per heavy atom. The molecule has 4 rings (SSSR count). The largest absolute Gasteiger partial charge is 0.469 e. The number of nitrogens with zero attached hydrogens (tertiary/aromatic N) is 2. The van der Waals surface area contributed by atoms with E-state index in [1.54, 1.807) is 11.0 Å². The van der Waals surface area contributed by atoms with E-state index in [-0.39, 0.29) is 29.8 Å². The lowest BCUT2D eigenvalue weighted by Crippen LogP contribution is -2.43. The number of nitro groups is 1. The van der Waals surface area contributed by atoms with E-state index in [2.05, 4.69) is 5.32 Å². The summed E-state index contributed by atoms with van der Waals surface area (Å²) >= 11 is 14.3. The number of rotatable bonds is 8. The van der Waals surface area contributed by atoms with Crippen molar-refractivity contribution in [3.63, 3.8) is 0 Å². The quantitative estimate of drug-likeness (QED) is 0.154. The number of methoxy groups -OCH3 is 1. The number of hydrogen-bond acceptors (Lipinski definition) is 7. The second-order valence-corrected chi connectivity index (χ2v) is 10.7. The number of piperidine rings is 1. The first-order valence-electron chi connectivity index (χ1n) is 12.1. The molecule has 1 aliphatic heterocycles. The predicted octanol–water partition coefficient (Wildman–Crippen LogP) is 5.79. The molecule has 1 fully saturated rings. The number of benzene rings is 2. The zero-order valence-electron chi connectivity index (χ0n) is 20.9. The summed E-state index contributed by atoms with van der Waals surface area (Å²) in [5, 5.41) is 17.6. The van der Waals surface area contributed by atoms with Crippen LogP contribution in [0.1, 0.15) is 36.4 Å². The Labute approximate surface area is 238 Å². The average molecular weight is 590 g/mol. The van der Waals surface area contributed by atoms with Crippen LogP contribution in [0, 0.1) is 16.0 Å². The average Bonchev–Trinajstić information content (AvgIpc) is 3.42. The molecular formula is C27H25Cl2N3O6S. The summed E-state index contributed by atoms with van der Waals surface area (Å²) in [5.41, 5.74) is 1.11. The van der Waals surface area contributed by atoms with Gasteiger partial charge in [-0.1, -0.05) is 35.3 Å². The molecule has 0 saturated carbocycles. The Bertz CT molecular complexity index is 1430. The standard InChI is InChI=1S/C27H25Cl2N3O6S/c1-38-23(34)15-21(16-2-5-20(6-3-16)32(36)37)30-27(35)17-8-11-31(12-9-17)22(33)7-4-18-14-19-10-13-39-26(19)25(29)24(18)28/h2-7,10,13-14,17,21H,8-9,11-12,15H2,1H3,(H,30,35). The van der Waals surface area contributed by atoms with Gasteiger partial charge in [-0.3, -0.25) is 24.5 Å². The molecule has 0 aliphatic carbocycles. The van der Waals surface area contributed by atoms with Gasteiger partial charge in [-0.2, -0.15) is 0 Å². The Kier molecular flexibility index (Phi) is 9.21. The Morgan fingerprint density at radius 1 is 1.18 bits per heavy atom. The van der Waals surface area contributed by atoms with Gasteiger partial charge in [-0.15, -0.1) is 11.3 Å². The second-order valence-electron chi connectivity index (χ2n) is 9.06. The minimum Gasteiger partial charge on any atom is -0.469 e. The summed E-state index contributed by atoms with van der Waals surface area (Å²) in [4.78, 5) is 49.9. The Hall–Kier alpha value is -3.47. The van der Waals surface area contributed by atoms with E-state index < -0.39 is 16.9 Å². The number of esters is 1. The summed E-state index contributed by atoms with van der Waals surface area (Å²) in [5.74, 6) is -1.33.